The molecular weight excluding hydrogens is 299 g/mol. The summed E-state index contributed by atoms with van der Waals surface area (Å²) >= 11 is 7.04. The van der Waals surface area contributed by atoms with E-state index in [1.165, 1.54) is 24.3 Å². The first kappa shape index (κ1) is 13.0. The molecule has 0 atom stereocenters. The van der Waals surface area contributed by atoms with Gasteiger partial charge in [-0.2, -0.15) is 4.37 Å². The third-order valence-electron chi connectivity index (χ3n) is 2.75. The van der Waals surface area contributed by atoms with Gasteiger partial charge in [0, 0.05) is 16.1 Å². The SMILES string of the molecule is O=C(Nc1ccc(F)cc1)c1snc2ccc(Cl)cc12. The molecule has 1 aromatic heterocycles. The highest BCUT2D eigenvalue weighted by Crippen LogP contribution is 2.26. The van der Waals surface area contributed by atoms with Crippen LogP contribution < -0.4 is 5.32 Å². The van der Waals surface area contributed by atoms with Crippen molar-refractivity contribution in [2.45, 2.75) is 0 Å². The number of nitrogens with one attached hydrogen (secondary N) is 1. The lowest BCUT2D eigenvalue weighted by Gasteiger charge is -2.03. The van der Waals surface area contributed by atoms with Crippen LogP contribution in [0.25, 0.3) is 10.9 Å². The number of fused-ring (bicyclic) bond motifs is 1. The van der Waals surface area contributed by atoms with Crippen molar-refractivity contribution in [1.29, 1.82) is 0 Å². The summed E-state index contributed by atoms with van der Waals surface area (Å²) in [4.78, 5) is 12.7. The minimum atomic E-state index is -0.349. The van der Waals surface area contributed by atoms with Crippen molar-refractivity contribution in [3.05, 3.63) is 58.2 Å². The van der Waals surface area contributed by atoms with E-state index in [-0.39, 0.29) is 11.7 Å². The Morgan fingerprint density at radius 2 is 1.95 bits per heavy atom. The van der Waals surface area contributed by atoms with Crippen LogP contribution in [0.3, 0.4) is 0 Å². The topological polar surface area (TPSA) is 42.0 Å². The lowest BCUT2D eigenvalue weighted by molar-refractivity contribution is 0.103. The minimum Gasteiger partial charge on any atom is -0.321 e. The maximum atomic E-state index is 12.8. The molecule has 20 heavy (non-hydrogen) atoms. The largest absolute Gasteiger partial charge is 0.321 e. The van der Waals surface area contributed by atoms with Crippen LogP contribution in [0.1, 0.15) is 9.67 Å². The fourth-order valence-corrected chi connectivity index (χ4v) is 2.72. The maximum Gasteiger partial charge on any atom is 0.268 e. The Labute approximate surface area is 123 Å². The van der Waals surface area contributed by atoms with Crippen molar-refractivity contribution < 1.29 is 9.18 Å². The first-order valence-electron chi connectivity index (χ1n) is 5.75. The Hall–Kier alpha value is -1.98. The monoisotopic (exact) mass is 306 g/mol. The Kier molecular flexibility index (Phi) is 3.38. The lowest BCUT2D eigenvalue weighted by Crippen LogP contribution is -2.10. The molecule has 0 saturated heterocycles. The first-order valence-corrected chi connectivity index (χ1v) is 6.90. The molecule has 0 spiro atoms. The average molecular weight is 307 g/mol. The van der Waals surface area contributed by atoms with Gasteiger partial charge in [0.2, 0.25) is 0 Å². The molecule has 1 N–H and O–H groups in total. The number of nitrogens with zero attached hydrogens (tertiary/aromatic N) is 1. The number of amides is 1. The third kappa shape index (κ3) is 2.50. The highest BCUT2D eigenvalue weighted by Gasteiger charge is 2.14. The predicted molar refractivity (Wildman–Crippen MR) is 79.0 cm³/mol. The van der Waals surface area contributed by atoms with E-state index in [0.717, 1.165) is 17.0 Å². The van der Waals surface area contributed by atoms with Gasteiger partial charge in [-0.25, -0.2) is 4.39 Å². The van der Waals surface area contributed by atoms with E-state index in [4.69, 9.17) is 11.6 Å². The standard InChI is InChI=1S/C14H8ClFN2OS/c15-8-1-6-12-11(7-8)13(20-18-12)14(19)17-10-4-2-9(16)3-5-10/h1-7H,(H,17,19). The van der Waals surface area contributed by atoms with Gasteiger partial charge in [-0.3, -0.25) is 4.79 Å². The predicted octanol–water partition coefficient (Wildman–Crippen LogP) is 4.34. The van der Waals surface area contributed by atoms with E-state index in [1.807, 2.05) is 0 Å². The van der Waals surface area contributed by atoms with E-state index in [9.17, 15) is 9.18 Å². The summed E-state index contributed by atoms with van der Waals surface area (Å²) in [6.07, 6.45) is 0. The van der Waals surface area contributed by atoms with Gasteiger partial charge in [-0.05, 0) is 54.0 Å². The average Bonchev–Trinajstić information content (AvgIpc) is 2.84. The summed E-state index contributed by atoms with van der Waals surface area (Å²) in [6, 6.07) is 10.8. The van der Waals surface area contributed by atoms with Crippen LogP contribution in [0.2, 0.25) is 5.02 Å². The van der Waals surface area contributed by atoms with Crippen molar-refractivity contribution in [2.75, 3.05) is 5.32 Å². The molecule has 3 nitrogen and oxygen atoms in total. The Balaban J connectivity index is 1.92. The Morgan fingerprint density at radius 3 is 2.70 bits per heavy atom. The van der Waals surface area contributed by atoms with Gasteiger partial charge in [0.1, 0.15) is 10.7 Å². The van der Waals surface area contributed by atoms with Gasteiger partial charge in [0.05, 0.1) is 5.52 Å². The van der Waals surface area contributed by atoms with Crippen LogP contribution in [-0.2, 0) is 0 Å². The van der Waals surface area contributed by atoms with Crippen LogP contribution in [-0.4, -0.2) is 10.3 Å². The zero-order chi connectivity index (χ0) is 14.1. The zero-order valence-corrected chi connectivity index (χ0v) is 11.6. The molecule has 0 aliphatic rings. The zero-order valence-electron chi connectivity index (χ0n) is 10.1. The molecule has 6 heteroatoms. The van der Waals surface area contributed by atoms with Crippen molar-refractivity contribution >= 4 is 45.6 Å². The van der Waals surface area contributed by atoms with Crippen LogP contribution in [0, 0.1) is 5.82 Å². The van der Waals surface area contributed by atoms with Gasteiger partial charge in [0.25, 0.3) is 5.91 Å². The molecule has 0 radical (unpaired) electrons. The summed E-state index contributed by atoms with van der Waals surface area (Å²) in [5.74, 6) is -0.635. The van der Waals surface area contributed by atoms with E-state index in [0.29, 0.717) is 21.0 Å². The number of carbonyl (C=O) groups excluding carboxylic acids is 1. The number of halogens is 2. The fraction of sp³-hybridized carbons (Fsp3) is 0. The number of rotatable bonds is 2. The third-order valence-corrected chi connectivity index (χ3v) is 3.86. The fourth-order valence-electron chi connectivity index (χ4n) is 1.80. The number of anilines is 1. The number of carbonyl (C=O) groups is 1. The number of hydrogen-bond acceptors (Lipinski definition) is 3. The molecule has 3 aromatic rings. The normalized spacial score (nSPS) is 10.7. The molecular formula is C14H8ClFN2OS. The molecule has 2 aromatic carbocycles. The summed E-state index contributed by atoms with van der Waals surface area (Å²) in [5.41, 5.74) is 1.25. The van der Waals surface area contributed by atoms with E-state index in [2.05, 4.69) is 9.69 Å². The summed E-state index contributed by atoms with van der Waals surface area (Å²) < 4.78 is 17.0. The Morgan fingerprint density at radius 1 is 1.20 bits per heavy atom. The van der Waals surface area contributed by atoms with E-state index < -0.39 is 0 Å². The van der Waals surface area contributed by atoms with E-state index in [1.54, 1.807) is 18.2 Å². The van der Waals surface area contributed by atoms with Crippen molar-refractivity contribution in [2.24, 2.45) is 0 Å². The van der Waals surface area contributed by atoms with Crippen LogP contribution in [0.5, 0.6) is 0 Å². The molecule has 3 rings (SSSR count). The second kappa shape index (κ2) is 5.19. The van der Waals surface area contributed by atoms with Gasteiger partial charge in [-0.15, -0.1) is 0 Å². The van der Waals surface area contributed by atoms with Crippen LogP contribution >= 0.6 is 23.1 Å². The molecule has 0 saturated carbocycles. The highest BCUT2D eigenvalue weighted by atomic mass is 35.5. The van der Waals surface area contributed by atoms with Crippen LogP contribution in [0.4, 0.5) is 10.1 Å². The molecule has 0 aliphatic carbocycles. The van der Waals surface area contributed by atoms with Crippen molar-refractivity contribution in [1.82, 2.24) is 4.37 Å². The smallest absolute Gasteiger partial charge is 0.268 e. The molecule has 1 amide bonds. The minimum absolute atomic E-state index is 0.286. The second-order valence-corrected chi connectivity index (χ2v) is 5.34. The van der Waals surface area contributed by atoms with Crippen molar-refractivity contribution in [3.63, 3.8) is 0 Å². The summed E-state index contributed by atoms with van der Waals surface area (Å²) in [5, 5.41) is 3.96. The molecule has 0 unspecified atom stereocenters. The molecule has 0 aliphatic heterocycles. The summed E-state index contributed by atoms with van der Waals surface area (Å²) in [7, 11) is 0. The Bertz CT molecular complexity index is 785. The molecule has 100 valence electrons. The van der Waals surface area contributed by atoms with Crippen molar-refractivity contribution in [3.8, 4) is 0 Å². The molecule has 0 fully saturated rings. The lowest BCUT2D eigenvalue weighted by atomic mass is 10.2. The van der Waals surface area contributed by atoms with Gasteiger partial charge < -0.3 is 5.32 Å². The quantitative estimate of drug-likeness (QED) is 0.765. The van der Waals surface area contributed by atoms with Gasteiger partial charge in [0.15, 0.2) is 0 Å². The highest BCUT2D eigenvalue weighted by molar-refractivity contribution is 7.09. The van der Waals surface area contributed by atoms with Crippen LogP contribution in [0.15, 0.2) is 42.5 Å². The molecule has 1 heterocycles. The molecule has 0 bridgehead atoms. The summed E-state index contributed by atoms with van der Waals surface area (Å²) in [6.45, 7) is 0. The second-order valence-electron chi connectivity index (χ2n) is 4.13. The van der Waals surface area contributed by atoms with E-state index >= 15 is 0 Å². The number of aromatic nitrogens is 1. The number of hydrogen-bond donors (Lipinski definition) is 1. The van der Waals surface area contributed by atoms with Gasteiger partial charge >= 0.3 is 0 Å². The maximum absolute atomic E-state index is 12.8. The van der Waals surface area contributed by atoms with Gasteiger partial charge in [-0.1, -0.05) is 11.6 Å². The first-order chi connectivity index (χ1) is 9.63. The number of benzene rings is 2.